The van der Waals surface area contributed by atoms with E-state index in [-0.39, 0.29) is 12.1 Å². The first-order valence-corrected chi connectivity index (χ1v) is 11.5. The number of hydrogen-bond acceptors (Lipinski definition) is 4. The molecule has 1 aliphatic rings. The van der Waals surface area contributed by atoms with Gasteiger partial charge in [-0.15, -0.1) is 0 Å². The van der Waals surface area contributed by atoms with Gasteiger partial charge in [-0.1, -0.05) is 41.9 Å². The first kappa shape index (κ1) is 22.5. The molecule has 7 heteroatoms. The van der Waals surface area contributed by atoms with Crippen molar-refractivity contribution < 1.29 is 9.53 Å². The van der Waals surface area contributed by atoms with E-state index < -0.39 is 5.60 Å². The van der Waals surface area contributed by atoms with Gasteiger partial charge in [0.2, 0.25) is 5.95 Å². The molecule has 0 saturated carbocycles. The molecule has 2 aromatic carbocycles. The minimum Gasteiger partial charge on any atom is -0.444 e. The third kappa shape index (κ3) is 4.85. The largest absolute Gasteiger partial charge is 0.444 e. The summed E-state index contributed by atoms with van der Waals surface area (Å²) in [4.78, 5) is 21.6. The Morgan fingerprint density at radius 2 is 1.91 bits per heavy atom. The molecule has 1 amide bonds. The average Bonchev–Trinajstić information content (AvgIpc) is 3.12. The van der Waals surface area contributed by atoms with Crippen LogP contribution in [-0.2, 0) is 11.3 Å². The number of carbonyl (C=O) groups is 1. The lowest BCUT2D eigenvalue weighted by atomic mass is 10.1. The number of anilines is 1. The zero-order valence-electron chi connectivity index (χ0n) is 19.2. The Hall–Kier alpha value is -2.73. The molecule has 1 saturated heterocycles. The predicted molar refractivity (Wildman–Crippen MR) is 130 cm³/mol. The molecular weight excluding hydrogens is 424 g/mol. The summed E-state index contributed by atoms with van der Waals surface area (Å²) in [7, 11) is 2.06. The van der Waals surface area contributed by atoms with E-state index >= 15 is 0 Å². The quantitative estimate of drug-likeness (QED) is 0.516. The normalized spacial score (nSPS) is 16.9. The van der Waals surface area contributed by atoms with Gasteiger partial charge in [-0.25, -0.2) is 9.78 Å². The zero-order chi connectivity index (χ0) is 22.9. The molecular formula is C25H31ClN4O2. The molecule has 3 aromatic rings. The van der Waals surface area contributed by atoms with Gasteiger partial charge in [-0.3, -0.25) is 0 Å². The fourth-order valence-corrected chi connectivity index (χ4v) is 4.41. The molecule has 32 heavy (non-hydrogen) atoms. The number of imidazole rings is 1. The number of benzene rings is 2. The SMILES string of the molecule is CN(c1nc2ccccc2n1Cc1ccccc1Cl)[C@H]1CCCN(C(=O)OC(C)(C)C)C1. The molecule has 4 rings (SSSR count). The van der Waals surface area contributed by atoms with E-state index in [4.69, 9.17) is 21.3 Å². The number of fused-ring (bicyclic) bond motifs is 1. The highest BCUT2D eigenvalue weighted by molar-refractivity contribution is 6.31. The molecule has 6 nitrogen and oxygen atoms in total. The standard InChI is InChI=1S/C25H31ClN4O2/c1-25(2,3)32-24(31)29-15-9-11-19(17-29)28(4)23-27-21-13-7-8-14-22(21)30(23)16-18-10-5-6-12-20(18)26/h5-8,10,12-14,19H,9,11,15-17H2,1-4H3/t19-/m0/s1. The number of piperidine rings is 1. The van der Waals surface area contributed by atoms with Gasteiger partial charge in [0, 0.05) is 31.2 Å². The van der Waals surface area contributed by atoms with E-state index in [0.29, 0.717) is 13.1 Å². The molecule has 0 radical (unpaired) electrons. The second-order valence-electron chi connectivity index (χ2n) is 9.41. The van der Waals surface area contributed by atoms with Gasteiger partial charge in [0.15, 0.2) is 0 Å². The lowest BCUT2D eigenvalue weighted by molar-refractivity contribution is 0.0199. The number of carbonyl (C=O) groups excluding carboxylic acids is 1. The Morgan fingerprint density at radius 3 is 2.66 bits per heavy atom. The maximum atomic E-state index is 12.7. The first-order valence-electron chi connectivity index (χ1n) is 11.1. The van der Waals surface area contributed by atoms with Crippen LogP contribution in [0.15, 0.2) is 48.5 Å². The van der Waals surface area contributed by atoms with Crippen molar-refractivity contribution in [1.29, 1.82) is 0 Å². The molecule has 2 heterocycles. The van der Waals surface area contributed by atoms with E-state index in [0.717, 1.165) is 47.0 Å². The lowest BCUT2D eigenvalue weighted by Gasteiger charge is -2.38. The van der Waals surface area contributed by atoms with Crippen LogP contribution >= 0.6 is 11.6 Å². The topological polar surface area (TPSA) is 50.6 Å². The number of halogens is 1. The highest BCUT2D eigenvalue weighted by Crippen LogP contribution is 2.28. The van der Waals surface area contributed by atoms with Crippen molar-refractivity contribution in [3.8, 4) is 0 Å². The van der Waals surface area contributed by atoms with Crippen molar-refractivity contribution in [1.82, 2.24) is 14.5 Å². The average molecular weight is 455 g/mol. The molecule has 1 aromatic heterocycles. The van der Waals surface area contributed by atoms with Crippen molar-refractivity contribution in [3.05, 3.63) is 59.1 Å². The van der Waals surface area contributed by atoms with Crippen LogP contribution in [0.3, 0.4) is 0 Å². The Balaban J connectivity index is 1.62. The number of rotatable bonds is 4. The van der Waals surface area contributed by atoms with E-state index in [1.165, 1.54) is 0 Å². The van der Waals surface area contributed by atoms with Gasteiger partial charge in [0.1, 0.15) is 5.60 Å². The highest BCUT2D eigenvalue weighted by atomic mass is 35.5. The summed E-state index contributed by atoms with van der Waals surface area (Å²) in [6, 6.07) is 16.2. The van der Waals surface area contributed by atoms with Crippen LogP contribution in [0.4, 0.5) is 10.7 Å². The molecule has 0 bridgehead atoms. The Labute approximate surface area is 194 Å². The van der Waals surface area contributed by atoms with Crippen molar-refractivity contribution in [2.75, 3.05) is 25.0 Å². The van der Waals surface area contributed by atoms with Crippen LogP contribution < -0.4 is 4.90 Å². The minimum atomic E-state index is -0.501. The number of hydrogen-bond donors (Lipinski definition) is 0. The fraction of sp³-hybridized carbons (Fsp3) is 0.440. The molecule has 0 spiro atoms. The summed E-state index contributed by atoms with van der Waals surface area (Å²) < 4.78 is 7.82. The third-order valence-corrected chi connectivity index (χ3v) is 6.20. The third-order valence-electron chi connectivity index (χ3n) is 5.83. The number of nitrogens with zero attached hydrogens (tertiary/aromatic N) is 4. The number of para-hydroxylation sites is 2. The number of amides is 1. The second-order valence-corrected chi connectivity index (χ2v) is 9.82. The summed E-state index contributed by atoms with van der Waals surface area (Å²) in [5.74, 6) is 0.877. The summed E-state index contributed by atoms with van der Waals surface area (Å²) in [6.45, 7) is 7.65. The van der Waals surface area contributed by atoms with Gasteiger partial charge in [0.05, 0.1) is 17.6 Å². The monoisotopic (exact) mass is 454 g/mol. The number of likely N-dealkylation sites (tertiary alicyclic amines) is 1. The van der Waals surface area contributed by atoms with Crippen molar-refractivity contribution in [2.24, 2.45) is 0 Å². The Kier molecular flexibility index (Phi) is 6.33. The Bertz CT molecular complexity index is 1100. The van der Waals surface area contributed by atoms with Crippen LogP contribution in [0.5, 0.6) is 0 Å². The van der Waals surface area contributed by atoms with Gasteiger partial charge >= 0.3 is 6.09 Å². The second kappa shape index (κ2) is 9.02. The molecule has 0 aliphatic carbocycles. The van der Waals surface area contributed by atoms with E-state index in [2.05, 4.69) is 22.6 Å². The van der Waals surface area contributed by atoms with Gasteiger partial charge in [-0.05, 0) is 57.4 Å². The number of likely N-dealkylation sites (N-methyl/N-ethyl adjacent to an activating group) is 1. The minimum absolute atomic E-state index is 0.151. The summed E-state index contributed by atoms with van der Waals surface area (Å²) in [5.41, 5.74) is 2.56. The Morgan fingerprint density at radius 1 is 1.19 bits per heavy atom. The molecule has 0 unspecified atom stereocenters. The molecule has 1 aliphatic heterocycles. The summed E-state index contributed by atoms with van der Waals surface area (Å²) >= 11 is 6.47. The highest BCUT2D eigenvalue weighted by Gasteiger charge is 2.31. The molecule has 1 atom stereocenters. The van der Waals surface area contributed by atoms with Crippen LogP contribution in [0.25, 0.3) is 11.0 Å². The maximum absolute atomic E-state index is 12.7. The van der Waals surface area contributed by atoms with Gasteiger partial charge < -0.3 is 19.1 Å². The van der Waals surface area contributed by atoms with Crippen LogP contribution in [0.1, 0.15) is 39.2 Å². The van der Waals surface area contributed by atoms with Crippen LogP contribution in [0.2, 0.25) is 5.02 Å². The number of ether oxygens (including phenoxy) is 1. The van der Waals surface area contributed by atoms with Crippen LogP contribution in [-0.4, -0.2) is 52.3 Å². The predicted octanol–water partition coefficient (Wildman–Crippen LogP) is 5.57. The molecule has 1 fully saturated rings. The fourth-order valence-electron chi connectivity index (χ4n) is 4.21. The van der Waals surface area contributed by atoms with Crippen molar-refractivity contribution in [2.45, 2.75) is 51.8 Å². The van der Waals surface area contributed by atoms with Crippen molar-refractivity contribution in [3.63, 3.8) is 0 Å². The summed E-state index contributed by atoms with van der Waals surface area (Å²) in [6.07, 6.45) is 1.67. The van der Waals surface area contributed by atoms with E-state index in [1.807, 2.05) is 68.1 Å². The van der Waals surface area contributed by atoms with E-state index in [9.17, 15) is 4.79 Å². The summed E-state index contributed by atoms with van der Waals surface area (Å²) in [5, 5.41) is 0.743. The van der Waals surface area contributed by atoms with Gasteiger partial charge in [-0.2, -0.15) is 0 Å². The van der Waals surface area contributed by atoms with Crippen LogP contribution in [0, 0.1) is 0 Å². The van der Waals surface area contributed by atoms with Gasteiger partial charge in [0.25, 0.3) is 0 Å². The maximum Gasteiger partial charge on any atom is 0.410 e. The van der Waals surface area contributed by atoms with Crippen molar-refractivity contribution >= 4 is 34.7 Å². The van der Waals surface area contributed by atoms with E-state index in [1.54, 1.807) is 0 Å². The molecule has 0 N–H and O–H groups in total. The lowest BCUT2D eigenvalue weighted by Crippen LogP contribution is -2.50. The smallest absolute Gasteiger partial charge is 0.410 e. The molecule has 170 valence electrons. The number of aromatic nitrogens is 2. The zero-order valence-corrected chi connectivity index (χ0v) is 20.0. The first-order chi connectivity index (χ1) is 15.2.